The van der Waals surface area contributed by atoms with Crippen LogP contribution in [0.5, 0.6) is 0 Å². The zero-order valence-corrected chi connectivity index (χ0v) is 14.0. The summed E-state index contributed by atoms with van der Waals surface area (Å²) in [4.78, 5) is 25.4. The van der Waals surface area contributed by atoms with Crippen LogP contribution in [0, 0.1) is 11.3 Å². The molecule has 2 heterocycles. The van der Waals surface area contributed by atoms with Gasteiger partial charge in [0.15, 0.2) is 0 Å². The first-order chi connectivity index (χ1) is 11.2. The first-order valence-electron chi connectivity index (χ1n) is 7.53. The van der Waals surface area contributed by atoms with Crippen LogP contribution in [0.2, 0.25) is 0 Å². The molecule has 5 nitrogen and oxygen atoms in total. The second-order valence-electron chi connectivity index (χ2n) is 4.87. The Hall–Kier alpha value is -2.26. The fourth-order valence-electron chi connectivity index (χ4n) is 2.24. The molecule has 2 aromatic rings. The van der Waals surface area contributed by atoms with Crippen molar-refractivity contribution in [2.24, 2.45) is 0 Å². The Morgan fingerprint density at radius 3 is 2.83 bits per heavy atom. The largest absolute Gasteiger partial charge is 0.462 e. The lowest BCUT2D eigenvalue weighted by molar-refractivity contribution is 0.0524. The van der Waals surface area contributed by atoms with E-state index >= 15 is 0 Å². The number of esters is 1. The van der Waals surface area contributed by atoms with Crippen LogP contribution in [0.1, 0.15) is 42.6 Å². The van der Waals surface area contributed by atoms with Crippen molar-refractivity contribution in [2.75, 3.05) is 12.4 Å². The van der Waals surface area contributed by atoms with Crippen LogP contribution in [0.4, 0.5) is 0 Å². The highest BCUT2D eigenvalue weighted by atomic mass is 32.2. The Morgan fingerprint density at radius 1 is 1.39 bits per heavy atom. The van der Waals surface area contributed by atoms with Gasteiger partial charge in [-0.15, -0.1) is 11.8 Å². The minimum atomic E-state index is -0.508. The van der Waals surface area contributed by atoms with Crippen molar-refractivity contribution < 1.29 is 9.53 Å². The summed E-state index contributed by atoms with van der Waals surface area (Å²) in [6.45, 7) is 4.02. The molecule has 0 amide bonds. The van der Waals surface area contributed by atoms with Crippen molar-refractivity contribution in [1.29, 1.82) is 5.26 Å². The van der Waals surface area contributed by atoms with Gasteiger partial charge in [-0.3, -0.25) is 9.20 Å². The lowest BCUT2D eigenvalue weighted by Crippen LogP contribution is -2.22. The van der Waals surface area contributed by atoms with Gasteiger partial charge >= 0.3 is 5.97 Å². The predicted octanol–water partition coefficient (Wildman–Crippen LogP) is 3.24. The van der Waals surface area contributed by atoms with Crippen LogP contribution in [-0.4, -0.2) is 22.7 Å². The maximum Gasteiger partial charge on any atom is 0.341 e. The second kappa shape index (κ2) is 7.84. The lowest BCUT2D eigenvalue weighted by atomic mass is 10.1. The summed E-state index contributed by atoms with van der Waals surface area (Å²) in [7, 11) is 0. The van der Waals surface area contributed by atoms with Crippen molar-refractivity contribution in [1.82, 2.24) is 4.40 Å². The number of rotatable bonds is 6. The fourth-order valence-corrected chi connectivity index (χ4v) is 3.49. The summed E-state index contributed by atoms with van der Waals surface area (Å²) in [6.07, 6.45) is 3.49. The molecule has 0 aliphatic carbocycles. The van der Waals surface area contributed by atoms with Crippen molar-refractivity contribution in [3.05, 3.63) is 45.9 Å². The van der Waals surface area contributed by atoms with Crippen LogP contribution >= 0.6 is 11.8 Å². The zero-order chi connectivity index (χ0) is 16.8. The van der Waals surface area contributed by atoms with Gasteiger partial charge in [-0.25, -0.2) is 4.79 Å². The lowest BCUT2D eigenvalue weighted by Gasteiger charge is -2.13. The van der Waals surface area contributed by atoms with E-state index < -0.39 is 11.5 Å². The van der Waals surface area contributed by atoms with Crippen molar-refractivity contribution in [3.63, 3.8) is 0 Å². The van der Waals surface area contributed by atoms with Gasteiger partial charge in [-0.2, -0.15) is 5.26 Å². The Kier molecular flexibility index (Phi) is 5.83. The molecule has 0 radical (unpaired) electrons. The number of ether oxygens (including phenoxy) is 1. The van der Waals surface area contributed by atoms with Gasteiger partial charge in [-0.1, -0.05) is 19.4 Å². The molecule has 0 fully saturated rings. The van der Waals surface area contributed by atoms with Crippen LogP contribution in [-0.2, 0) is 4.74 Å². The Bertz CT molecular complexity index is 821. The van der Waals surface area contributed by atoms with Gasteiger partial charge in [-0.05, 0) is 31.2 Å². The highest BCUT2D eigenvalue weighted by Crippen LogP contribution is 2.29. The van der Waals surface area contributed by atoms with E-state index in [1.54, 1.807) is 31.3 Å². The van der Waals surface area contributed by atoms with E-state index in [1.807, 2.05) is 6.07 Å². The summed E-state index contributed by atoms with van der Waals surface area (Å²) in [5.74, 6) is 0.228. The van der Waals surface area contributed by atoms with E-state index in [1.165, 1.54) is 16.2 Å². The number of carbonyl (C=O) groups is 1. The molecule has 0 aliphatic rings. The van der Waals surface area contributed by atoms with Crippen LogP contribution in [0.15, 0.2) is 34.1 Å². The molecular formula is C17H18N2O3S. The maximum atomic E-state index is 12.5. The molecule has 0 atom stereocenters. The van der Waals surface area contributed by atoms with E-state index in [9.17, 15) is 14.9 Å². The number of thioether (sulfide) groups is 1. The smallest absolute Gasteiger partial charge is 0.341 e. The highest BCUT2D eigenvalue weighted by Gasteiger charge is 2.23. The van der Waals surface area contributed by atoms with Crippen LogP contribution in [0.3, 0.4) is 0 Å². The number of hydrogen-bond donors (Lipinski definition) is 0. The quantitative estimate of drug-likeness (QED) is 0.462. The number of carbonyl (C=O) groups excluding carboxylic acids is 1. The third-order valence-electron chi connectivity index (χ3n) is 3.34. The van der Waals surface area contributed by atoms with Gasteiger partial charge < -0.3 is 4.74 Å². The third-order valence-corrected chi connectivity index (χ3v) is 4.53. The molecule has 0 aromatic carbocycles. The van der Waals surface area contributed by atoms with Gasteiger partial charge in [0.1, 0.15) is 11.6 Å². The fraction of sp³-hybridized carbons (Fsp3) is 0.353. The predicted molar refractivity (Wildman–Crippen MR) is 90.0 cm³/mol. The van der Waals surface area contributed by atoms with Gasteiger partial charge in [0, 0.05) is 11.1 Å². The minimum Gasteiger partial charge on any atom is -0.462 e. The molecule has 6 heteroatoms. The summed E-state index contributed by atoms with van der Waals surface area (Å²) in [5.41, 5.74) is 0.353. The van der Waals surface area contributed by atoms with Crippen molar-refractivity contribution >= 4 is 23.2 Å². The van der Waals surface area contributed by atoms with Crippen LogP contribution in [0.25, 0.3) is 5.52 Å². The van der Waals surface area contributed by atoms with E-state index in [-0.39, 0.29) is 12.2 Å². The summed E-state index contributed by atoms with van der Waals surface area (Å²) >= 11 is 1.37. The van der Waals surface area contributed by atoms with E-state index in [0.717, 1.165) is 18.6 Å². The SMILES string of the molecule is CCCCSc1c(C#N)c(=O)n2ccccc2c1C(=O)OCC. The standard InChI is InChI=1S/C17H18N2O3S/c1-3-5-10-23-15-12(11-18)16(20)19-9-7-6-8-13(19)14(15)17(21)22-4-2/h6-9H,3-5,10H2,1-2H3. The number of hydrogen-bond acceptors (Lipinski definition) is 5. The molecular weight excluding hydrogens is 312 g/mol. The molecule has 23 heavy (non-hydrogen) atoms. The monoisotopic (exact) mass is 330 g/mol. The molecule has 0 unspecified atom stereocenters. The Morgan fingerprint density at radius 2 is 2.17 bits per heavy atom. The molecule has 2 aromatic heterocycles. The maximum absolute atomic E-state index is 12.5. The average molecular weight is 330 g/mol. The summed E-state index contributed by atoms with van der Waals surface area (Å²) < 4.78 is 6.47. The summed E-state index contributed by atoms with van der Waals surface area (Å²) in [5, 5.41) is 9.42. The van der Waals surface area contributed by atoms with E-state index in [0.29, 0.717) is 16.0 Å². The third kappa shape index (κ3) is 3.40. The first-order valence-corrected chi connectivity index (χ1v) is 8.51. The Balaban J connectivity index is 2.77. The second-order valence-corrected chi connectivity index (χ2v) is 5.98. The molecule has 0 N–H and O–H groups in total. The molecule has 0 aliphatic heterocycles. The number of nitrogens with zero attached hydrogens (tertiary/aromatic N) is 2. The van der Waals surface area contributed by atoms with Gasteiger partial charge in [0.2, 0.25) is 0 Å². The highest BCUT2D eigenvalue weighted by molar-refractivity contribution is 7.99. The molecule has 0 bridgehead atoms. The van der Waals surface area contributed by atoms with E-state index in [4.69, 9.17) is 4.74 Å². The average Bonchev–Trinajstić information content (AvgIpc) is 2.56. The molecule has 120 valence electrons. The van der Waals surface area contributed by atoms with E-state index in [2.05, 4.69) is 6.92 Å². The topological polar surface area (TPSA) is 71.6 Å². The number of aromatic nitrogens is 1. The van der Waals surface area contributed by atoms with Crippen LogP contribution < -0.4 is 5.56 Å². The molecule has 0 saturated carbocycles. The van der Waals surface area contributed by atoms with Crippen molar-refractivity contribution in [2.45, 2.75) is 31.6 Å². The number of fused-ring (bicyclic) bond motifs is 1. The van der Waals surface area contributed by atoms with Gasteiger partial charge in [0.25, 0.3) is 5.56 Å². The summed E-state index contributed by atoms with van der Waals surface area (Å²) in [6, 6.07) is 7.09. The molecule has 0 spiro atoms. The molecule has 2 rings (SSSR count). The number of nitriles is 1. The number of unbranched alkanes of at least 4 members (excludes halogenated alkanes) is 1. The van der Waals surface area contributed by atoms with Crippen molar-refractivity contribution in [3.8, 4) is 6.07 Å². The first kappa shape index (κ1) is 17.1. The normalized spacial score (nSPS) is 10.5. The van der Waals surface area contributed by atoms with Gasteiger partial charge in [0.05, 0.1) is 17.7 Å². The number of pyridine rings is 2. The Labute approximate surface area is 138 Å². The zero-order valence-electron chi connectivity index (χ0n) is 13.2. The molecule has 0 saturated heterocycles. The minimum absolute atomic E-state index is 0.00199.